The van der Waals surface area contributed by atoms with Crippen LogP contribution in [0.2, 0.25) is 0 Å². The topological polar surface area (TPSA) is 55.2 Å². The summed E-state index contributed by atoms with van der Waals surface area (Å²) < 4.78 is 0. The third-order valence-electron chi connectivity index (χ3n) is 0. The molecule has 0 aromatic rings. The minimum Gasteiger partial charge on any atom is -0.397 e. The van der Waals surface area contributed by atoms with Gasteiger partial charge in [-0.05, 0) is 6.92 Å². The summed E-state index contributed by atoms with van der Waals surface area (Å²) >= 11 is 0. The quantitative estimate of drug-likeness (QED) is 0.457. The molecule has 5 heavy (non-hydrogen) atoms. The number of hydrogen-bond donors (Lipinski definition) is 2. The van der Waals surface area contributed by atoms with Crippen molar-refractivity contribution in [1.82, 2.24) is 6.15 Å². The van der Waals surface area contributed by atoms with Gasteiger partial charge in [-0.25, -0.2) is 0 Å². The van der Waals surface area contributed by atoms with Crippen LogP contribution in [0.1, 0.15) is 6.92 Å². The standard InChI is InChI=1S/C2H6O.H3N.Zn/c1-2-3;;/h3H,2H2,1H3;1H3;/q;;+2. The Kier molecular flexibility index (Phi) is 84.7. The minimum absolute atomic E-state index is 0. The molecule has 0 aromatic heterocycles. The van der Waals surface area contributed by atoms with Crippen LogP contribution in [-0.2, 0) is 19.5 Å². The molecule has 0 spiro atoms. The van der Waals surface area contributed by atoms with Crippen molar-refractivity contribution < 1.29 is 24.6 Å². The maximum Gasteiger partial charge on any atom is 2.00 e. The molecule has 0 unspecified atom stereocenters. The summed E-state index contributed by atoms with van der Waals surface area (Å²) in [5, 5.41) is 7.57. The average molecular weight is 128 g/mol. The number of aliphatic hydroxyl groups is 1. The molecule has 0 radical (unpaired) electrons. The Morgan fingerprint density at radius 1 is 1.60 bits per heavy atom. The summed E-state index contributed by atoms with van der Waals surface area (Å²) in [7, 11) is 0. The van der Waals surface area contributed by atoms with Crippen LogP contribution in [0.25, 0.3) is 0 Å². The van der Waals surface area contributed by atoms with E-state index < -0.39 is 0 Å². The molecule has 0 bridgehead atoms. The molecule has 0 aliphatic heterocycles. The third kappa shape index (κ3) is 99.5. The van der Waals surface area contributed by atoms with Gasteiger partial charge in [0.25, 0.3) is 0 Å². The Hall–Kier alpha value is 0.543. The molecule has 0 aromatic carbocycles. The van der Waals surface area contributed by atoms with Gasteiger partial charge in [0.05, 0.1) is 0 Å². The van der Waals surface area contributed by atoms with Crippen molar-refractivity contribution in [3.05, 3.63) is 0 Å². The van der Waals surface area contributed by atoms with Gasteiger partial charge in [0, 0.05) is 6.61 Å². The van der Waals surface area contributed by atoms with Crippen molar-refractivity contribution in [2.24, 2.45) is 0 Å². The Bertz CT molecular complexity index is 9.61. The molecule has 2 nitrogen and oxygen atoms in total. The van der Waals surface area contributed by atoms with Crippen molar-refractivity contribution in [1.29, 1.82) is 0 Å². The Balaban J connectivity index is -0.0000000200. The van der Waals surface area contributed by atoms with E-state index in [-0.39, 0.29) is 32.2 Å². The van der Waals surface area contributed by atoms with Gasteiger partial charge in [0.15, 0.2) is 0 Å². The van der Waals surface area contributed by atoms with Gasteiger partial charge in [0.2, 0.25) is 0 Å². The van der Waals surface area contributed by atoms with E-state index >= 15 is 0 Å². The van der Waals surface area contributed by atoms with Crippen LogP contribution in [0.15, 0.2) is 0 Å². The van der Waals surface area contributed by atoms with E-state index in [2.05, 4.69) is 0 Å². The monoisotopic (exact) mass is 127 g/mol. The molecule has 0 atom stereocenters. The van der Waals surface area contributed by atoms with E-state index in [0.717, 1.165) is 0 Å². The van der Waals surface area contributed by atoms with Crippen molar-refractivity contribution in [2.75, 3.05) is 6.61 Å². The molecule has 0 heterocycles. The summed E-state index contributed by atoms with van der Waals surface area (Å²) in [6.07, 6.45) is 0. The van der Waals surface area contributed by atoms with E-state index in [1.54, 1.807) is 6.92 Å². The van der Waals surface area contributed by atoms with Gasteiger partial charge in [-0.15, -0.1) is 0 Å². The van der Waals surface area contributed by atoms with E-state index in [1.165, 1.54) is 0 Å². The Labute approximate surface area is 44.9 Å². The van der Waals surface area contributed by atoms with Crippen molar-refractivity contribution >= 4 is 0 Å². The summed E-state index contributed by atoms with van der Waals surface area (Å²) in [5.74, 6) is 0. The van der Waals surface area contributed by atoms with Crippen LogP contribution in [-0.4, -0.2) is 11.7 Å². The fraction of sp³-hybridized carbons (Fsp3) is 1.00. The van der Waals surface area contributed by atoms with Gasteiger partial charge >= 0.3 is 19.5 Å². The predicted octanol–water partition coefficient (Wildman–Crippen LogP) is 0.158. The zero-order valence-electron chi connectivity index (χ0n) is 3.57. The maximum absolute atomic E-state index is 7.57. The second-order valence-electron chi connectivity index (χ2n) is 0.316. The van der Waals surface area contributed by atoms with Gasteiger partial charge in [0.1, 0.15) is 0 Å². The molecule has 0 aliphatic rings. The Morgan fingerprint density at radius 3 is 1.60 bits per heavy atom. The first-order chi connectivity index (χ1) is 1.41. The zero-order valence-corrected chi connectivity index (χ0v) is 6.54. The molecule has 28 valence electrons. The normalized spacial score (nSPS) is 3.60. The van der Waals surface area contributed by atoms with Crippen LogP contribution in [0.5, 0.6) is 0 Å². The average Bonchev–Trinajstić information content (AvgIpc) is 0.918. The van der Waals surface area contributed by atoms with E-state index in [1.807, 2.05) is 0 Å². The molecular weight excluding hydrogens is 119 g/mol. The first-order valence-corrected chi connectivity index (χ1v) is 1.02. The second kappa shape index (κ2) is 23.9. The maximum atomic E-state index is 7.57. The van der Waals surface area contributed by atoms with E-state index in [4.69, 9.17) is 5.11 Å². The molecule has 0 saturated heterocycles. The Morgan fingerprint density at radius 2 is 1.60 bits per heavy atom. The van der Waals surface area contributed by atoms with Crippen molar-refractivity contribution in [3.63, 3.8) is 0 Å². The first-order valence-electron chi connectivity index (χ1n) is 1.02. The first kappa shape index (κ1) is 17.7. The summed E-state index contributed by atoms with van der Waals surface area (Å²) in [4.78, 5) is 0. The second-order valence-corrected chi connectivity index (χ2v) is 0.316. The fourth-order valence-electron chi connectivity index (χ4n) is 0. The van der Waals surface area contributed by atoms with E-state index in [0.29, 0.717) is 0 Å². The SMILES string of the molecule is CCO.N.[Zn+2]. The van der Waals surface area contributed by atoms with Crippen molar-refractivity contribution in [3.8, 4) is 0 Å². The third-order valence-corrected chi connectivity index (χ3v) is 0. The largest absolute Gasteiger partial charge is 2.00 e. The molecule has 0 aliphatic carbocycles. The van der Waals surface area contributed by atoms with Crippen LogP contribution < -0.4 is 6.15 Å². The van der Waals surface area contributed by atoms with Crippen LogP contribution in [0, 0.1) is 0 Å². The number of aliphatic hydroxyl groups excluding tert-OH is 1. The van der Waals surface area contributed by atoms with Crippen LogP contribution >= 0.6 is 0 Å². The molecule has 0 amide bonds. The van der Waals surface area contributed by atoms with Crippen LogP contribution in [0.4, 0.5) is 0 Å². The number of rotatable bonds is 0. The molecule has 3 heteroatoms. The number of hydrogen-bond acceptors (Lipinski definition) is 2. The van der Waals surface area contributed by atoms with Crippen LogP contribution in [0.3, 0.4) is 0 Å². The zero-order chi connectivity index (χ0) is 2.71. The summed E-state index contributed by atoms with van der Waals surface area (Å²) in [6, 6.07) is 0. The van der Waals surface area contributed by atoms with Gasteiger partial charge in [-0.2, -0.15) is 0 Å². The van der Waals surface area contributed by atoms with Crippen molar-refractivity contribution in [2.45, 2.75) is 6.92 Å². The summed E-state index contributed by atoms with van der Waals surface area (Å²) in [6.45, 7) is 1.93. The van der Waals surface area contributed by atoms with Gasteiger partial charge < -0.3 is 11.3 Å². The predicted molar refractivity (Wildman–Crippen MR) is 17.8 cm³/mol. The minimum atomic E-state index is 0. The van der Waals surface area contributed by atoms with Gasteiger partial charge in [-0.3, -0.25) is 0 Å². The molecule has 0 rings (SSSR count). The molecular formula is C2H9NOZn+2. The fourth-order valence-corrected chi connectivity index (χ4v) is 0. The summed E-state index contributed by atoms with van der Waals surface area (Å²) in [5.41, 5.74) is 0. The molecule has 0 saturated carbocycles. The van der Waals surface area contributed by atoms with E-state index in [9.17, 15) is 0 Å². The molecule has 4 N–H and O–H groups in total. The smallest absolute Gasteiger partial charge is 0.397 e. The van der Waals surface area contributed by atoms with Gasteiger partial charge in [-0.1, -0.05) is 0 Å². The molecule has 0 fully saturated rings.